The summed E-state index contributed by atoms with van der Waals surface area (Å²) in [5.74, 6) is -0.286. The number of ether oxygens (including phenoxy) is 1. The van der Waals surface area contributed by atoms with Gasteiger partial charge in [0.2, 0.25) is 0 Å². The number of benzene rings is 1. The number of carbonyl (C=O) groups excluding carboxylic acids is 1. The molecule has 2 heterocycles. The third-order valence-corrected chi connectivity index (χ3v) is 6.50. The standard InChI is InChI=1S/C21H25BrN2O2S/c1-6-26-19(25)16-15-11-20(2,3)24-21(4,5)17(15)27-18(16)23-12-13-7-9-14(22)10-8-13/h7-10,12,24H,6,11H2,1-5H3. The first-order chi connectivity index (χ1) is 12.6. The van der Waals surface area contributed by atoms with Crippen molar-refractivity contribution < 1.29 is 9.53 Å². The van der Waals surface area contributed by atoms with Crippen LogP contribution >= 0.6 is 27.3 Å². The van der Waals surface area contributed by atoms with E-state index in [1.165, 1.54) is 0 Å². The summed E-state index contributed by atoms with van der Waals surface area (Å²) in [6.07, 6.45) is 2.57. The Balaban J connectivity index is 2.09. The van der Waals surface area contributed by atoms with Crippen LogP contribution in [0.25, 0.3) is 0 Å². The number of nitrogens with one attached hydrogen (secondary N) is 1. The van der Waals surface area contributed by atoms with Crippen molar-refractivity contribution in [3.63, 3.8) is 0 Å². The van der Waals surface area contributed by atoms with Crippen molar-refractivity contribution in [2.75, 3.05) is 6.61 Å². The van der Waals surface area contributed by atoms with E-state index in [1.807, 2.05) is 31.2 Å². The quantitative estimate of drug-likeness (QED) is 0.489. The highest BCUT2D eigenvalue weighted by molar-refractivity contribution is 9.10. The largest absolute Gasteiger partial charge is 0.462 e. The Hall–Kier alpha value is -1.50. The van der Waals surface area contributed by atoms with Gasteiger partial charge in [-0.25, -0.2) is 9.79 Å². The van der Waals surface area contributed by atoms with Gasteiger partial charge in [0.15, 0.2) is 0 Å². The first kappa shape index (κ1) is 20.2. The zero-order valence-electron chi connectivity index (χ0n) is 16.4. The first-order valence-electron chi connectivity index (χ1n) is 9.05. The van der Waals surface area contributed by atoms with Crippen LogP contribution in [-0.2, 0) is 16.7 Å². The number of thiophene rings is 1. The van der Waals surface area contributed by atoms with Gasteiger partial charge in [-0.15, -0.1) is 11.3 Å². The number of hydrogen-bond donors (Lipinski definition) is 1. The molecule has 1 aromatic heterocycles. The van der Waals surface area contributed by atoms with E-state index in [1.54, 1.807) is 17.6 Å². The third-order valence-electron chi connectivity index (χ3n) is 4.51. The summed E-state index contributed by atoms with van der Waals surface area (Å²) < 4.78 is 6.39. The molecule has 27 heavy (non-hydrogen) atoms. The minimum Gasteiger partial charge on any atom is -0.462 e. The average molecular weight is 449 g/mol. The van der Waals surface area contributed by atoms with Crippen molar-refractivity contribution in [3.8, 4) is 0 Å². The molecule has 0 atom stereocenters. The average Bonchev–Trinajstić information content (AvgIpc) is 2.92. The number of nitrogens with zero attached hydrogens (tertiary/aromatic N) is 1. The Kier molecular flexibility index (Phi) is 5.62. The van der Waals surface area contributed by atoms with E-state index in [9.17, 15) is 4.79 Å². The van der Waals surface area contributed by atoms with Crippen LogP contribution in [0.2, 0.25) is 0 Å². The molecule has 3 rings (SSSR count). The fourth-order valence-electron chi connectivity index (χ4n) is 3.70. The topological polar surface area (TPSA) is 50.7 Å². The molecule has 1 N–H and O–H groups in total. The van der Waals surface area contributed by atoms with Crippen LogP contribution in [0, 0.1) is 0 Å². The minimum absolute atomic E-state index is 0.106. The van der Waals surface area contributed by atoms with Crippen LogP contribution in [0.4, 0.5) is 5.00 Å². The van der Waals surface area contributed by atoms with Crippen molar-refractivity contribution in [1.82, 2.24) is 5.32 Å². The molecular formula is C21H25BrN2O2S. The molecule has 1 aliphatic heterocycles. The SMILES string of the molecule is CCOC(=O)c1c(N=Cc2ccc(Br)cc2)sc2c1CC(C)(C)NC2(C)C. The van der Waals surface area contributed by atoms with E-state index in [2.05, 4.69) is 53.9 Å². The van der Waals surface area contributed by atoms with Gasteiger partial charge in [-0.3, -0.25) is 0 Å². The number of esters is 1. The highest BCUT2D eigenvalue weighted by Crippen LogP contribution is 2.46. The second-order valence-corrected chi connectivity index (χ2v) is 9.85. The van der Waals surface area contributed by atoms with Gasteiger partial charge in [0.25, 0.3) is 0 Å². The second kappa shape index (κ2) is 7.49. The monoisotopic (exact) mass is 448 g/mol. The lowest BCUT2D eigenvalue weighted by Crippen LogP contribution is -2.55. The predicted molar refractivity (Wildman–Crippen MR) is 116 cm³/mol. The molecule has 0 spiro atoms. The summed E-state index contributed by atoms with van der Waals surface area (Å²) in [5, 5.41) is 4.40. The smallest absolute Gasteiger partial charge is 0.341 e. The lowest BCUT2D eigenvalue weighted by atomic mass is 9.81. The van der Waals surface area contributed by atoms with Gasteiger partial charge in [0.05, 0.1) is 12.2 Å². The van der Waals surface area contributed by atoms with Gasteiger partial charge < -0.3 is 10.1 Å². The summed E-state index contributed by atoms with van der Waals surface area (Å²) in [5.41, 5.74) is 2.33. The molecule has 1 aromatic carbocycles. The zero-order valence-corrected chi connectivity index (χ0v) is 18.8. The Bertz CT molecular complexity index is 882. The van der Waals surface area contributed by atoms with Gasteiger partial charge in [-0.05, 0) is 64.3 Å². The molecule has 6 heteroatoms. The molecule has 0 fully saturated rings. The number of aliphatic imine (C=N–C) groups is 1. The van der Waals surface area contributed by atoms with Crippen molar-refractivity contribution >= 4 is 44.5 Å². The summed E-state index contributed by atoms with van der Waals surface area (Å²) in [4.78, 5) is 18.6. The Morgan fingerprint density at radius 1 is 1.30 bits per heavy atom. The summed E-state index contributed by atoms with van der Waals surface area (Å²) in [6.45, 7) is 10.8. The molecule has 0 radical (unpaired) electrons. The lowest BCUT2D eigenvalue weighted by molar-refractivity contribution is 0.0525. The highest BCUT2D eigenvalue weighted by Gasteiger charge is 2.41. The summed E-state index contributed by atoms with van der Waals surface area (Å²) in [6, 6.07) is 7.92. The van der Waals surface area contributed by atoms with Gasteiger partial charge >= 0.3 is 5.97 Å². The molecule has 0 amide bonds. The fraction of sp³-hybridized carbons (Fsp3) is 0.429. The van der Waals surface area contributed by atoms with E-state index in [0.717, 1.165) is 26.9 Å². The van der Waals surface area contributed by atoms with Crippen LogP contribution in [0.3, 0.4) is 0 Å². The van der Waals surface area contributed by atoms with Crippen molar-refractivity contribution in [3.05, 3.63) is 50.3 Å². The van der Waals surface area contributed by atoms with Crippen LogP contribution in [0.15, 0.2) is 33.7 Å². The number of halogens is 1. The number of rotatable bonds is 4. The van der Waals surface area contributed by atoms with Crippen LogP contribution < -0.4 is 5.32 Å². The van der Waals surface area contributed by atoms with Crippen LogP contribution in [0.5, 0.6) is 0 Å². The molecule has 144 valence electrons. The molecule has 0 saturated heterocycles. The van der Waals surface area contributed by atoms with E-state index in [4.69, 9.17) is 4.74 Å². The number of fused-ring (bicyclic) bond motifs is 1. The first-order valence-corrected chi connectivity index (χ1v) is 10.7. The van der Waals surface area contributed by atoms with Crippen molar-refractivity contribution in [1.29, 1.82) is 0 Å². The van der Waals surface area contributed by atoms with Gasteiger partial charge in [-0.2, -0.15) is 0 Å². The second-order valence-electron chi connectivity index (χ2n) is 7.93. The Morgan fingerprint density at radius 2 is 1.96 bits per heavy atom. The number of hydrogen-bond acceptors (Lipinski definition) is 5. The van der Waals surface area contributed by atoms with Crippen LogP contribution in [0.1, 0.15) is 61.0 Å². The van der Waals surface area contributed by atoms with E-state index >= 15 is 0 Å². The van der Waals surface area contributed by atoms with Gasteiger partial charge in [-0.1, -0.05) is 28.1 Å². The fourth-order valence-corrected chi connectivity index (χ4v) is 5.18. The Labute approximate surface area is 173 Å². The highest BCUT2D eigenvalue weighted by atomic mass is 79.9. The van der Waals surface area contributed by atoms with E-state index < -0.39 is 0 Å². The normalized spacial score (nSPS) is 17.7. The summed E-state index contributed by atoms with van der Waals surface area (Å²) >= 11 is 5.02. The summed E-state index contributed by atoms with van der Waals surface area (Å²) in [7, 11) is 0. The molecule has 0 unspecified atom stereocenters. The molecular weight excluding hydrogens is 424 g/mol. The van der Waals surface area contributed by atoms with E-state index in [-0.39, 0.29) is 17.0 Å². The van der Waals surface area contributed by atoms with Crippen LogP contribution in [-0.4, -0.2) is 24.3 Å². The minimum atomic E-state index is -0.286. The lowest BCUT2D eigenvalue weighted by Gasteiger charge is -2.42. The maximum atomic E-state index is 12.8. The van der Waals surface area contributed by atoms with Crippen molar-refractivity contribution in [2.24, 2.45) is 4.99 Å². The molecule has 0 aliphatic carbocycles. The molecule has 0 saturated carbocycles. The van der Waals surface area contributed by atoms with Gasteiger partial charge in [0, 0.05) is 26.6 Å². The number of carbonyl (C=O) groups is 1. The van der Waals surface area contributed by atoms with Gasteiger partial charge in [0.1, 0.15) is 5.00 Å². The molecule has 2 aromatic rings. The predicted octanol–water partition coefficient (Wildman–Crippen LogP) is 5.60. The van der Waals surface area contributed by atoms with E-state index in [0.29, 0.717) is 17.2 Å². The maximum absolute atomic E-state index is 12.8. The third kappa shape index (κ3) is 4.33. The van der Waals surface area contributed by atoms with Crippen molar-refractivity contribution in [2.45, 2.75) is 52.1 Å². The maximum Gasteiger partial charge on any atom is 0.341 e. The molecule has 1 aliphatic rings. The zero-order chi connectivity index (χ0) is 19.8. The molecule has 0 bridgehead atoms. The molecule has 4 nitrogen and oxygen atoms in total. The Morgan fingerprint density at radius 3 is 2.59 bits per heavy atom.